The van der Waals surface area contributed by atoms with Gasteiger partial charge in [0.15, 0.2) is 0 Å². The van der Waals surface area contributed by atoms with Crippen LogP contribution < -0.4 is 15.8 Å². The minimum absolute atomic E-state index is 0.0470. The molecule has 0 aliphatic carbocycles. The highest BCUT2D eigenvalue weighted by molar-refractivity contribution is 7.89. The van der Waals surface area contributed by atoms with Crippen molar-refractivity contribution in [1.29, 1.82) is 0 Å². The van der Waals surface area contributed by atoms with Gasteiger partial charge in [-0.15, -0.1) is 0 Å². The molecule has 0 saturated carbocycles. The topological polar surface area (TPSA) is 110 Å². The average molecular weight is 489 g/mol. The van der Waals surface area contributed by atoms with Gasteiger partial charge in [-0.25, -0.2) is 22.1 Å². The third-order valence-corrected chi connectivity index (χ3v) is 7.29. The minimum atomic E-state index is -4.68. The van der Waals surface area contributed by atoms with E-state index in [-0.39, 0.29) is 28.7 Å². The fourth-order valence-electron chi connectivity index (χ4n) is 3.57. The van der Waals surface area contributed by atoms with Crippen molar-refractivity contribution >= 4 is 21.7 Å². The van der Waals surface area contributed by atoms with E-state index in [2.05, 4.69) is 15.3 Å². The zero-order valence-electron chi connectivity index (χ0n) is 18.2. The number of aliphatic imine (C=N–C) groups is 1. The molecule has 3 rings (SSSR count). The van der Waals surface area contributed by atoms with Crippen molar-refractivity contribution in [2.45, 2.75) is 31.6 Å². The summed E-state index contributed by atoms with van der Waals surface area (Å²) in [6.45, 7) is 2.88. The Morgan fingerprint density at radius 3 is 2.55 bits per heavy atom. The molecule has 1 aliphatic heterocycles. The normalized spacial score (nSPS) is 21.3. The molecule has 0 spiro atoms. The molecule has 180 valence electrons. The van der Waals surface area contributed by atoms with Gasteiger partial charge < -0.3 is 15.8 Å². The lowest BCUT2D eigenvalue weighted by Crippen LogP contribution is -2.50. The van der Waals surface area contributed by atoms with Crippen LogP contribution in [0.4, 0.5) is 23.2 Å². The minimum Gasteiger partial charge on any atom is -0.495 e. The van der Waals surface area contributed by atoms with E-state index in [9.17, 15) is 26.0 Å². The van der Waals surface area contributed by atoms with Gasteiger partial charge in [0.1, 0.15) is 17.1 Å². The molecule has 0 saturated heterocycles. The van der Waals surface area contributed by atoms with Crippen molar-refractivity contribution in [3.05, 3.63) is 53.1 Å². The summed E-state index contributed by atoms with van der Waals surface area (Å²) < 4.78 is 85.9. The maximum atomic E-state index is 14.7. The van der Waals surface area contributed by atoms with Crippen LogP contribution in [0.15, 0.2) is 35.5 Å². The van der Waals surface area contributed by atoms with E-state index in [1.807, 2.05) is 0 Å². The van der Waals surface area contributed by atoms with Crippen molar-refractivity contribution in [1.82, 2.24) is 9.29 Å². The lowest BCUT2D eigenvalue weighted by molar-refractivity contribution is -0.138. The van der Waals surface area contributed by atoms with Crippen LogP contribution in [-0.4, -0.2) is 43.6 Å². The Bertz CT molecular complexity index is 1200. The second-order valence-corrected chi connectivity index (χ2v) is 9.83. The number of nitrogens with two attached hydrogens (primary N) is 1. The molecule has 1 aromatic carbocycles. The van der Waals surface area contributed by atoms with Crippen molar-refractivity contribution < 1.29 is 30.7 Å². The van der Waals surface area contributed by atoms with Crippen LogP contribution in [0.5, 0.6) is 5.75 Å². The van der Waals surface area contributed by atoms with E-state index in [4.69, 9.17) is 10.5 Å². The standard InChI is InChI=1S/C20H23F4N5O3S/c1-11(17-15(20(22,23)24)8-13(32-4)9-26-17)27-12-5-6-16(21)14(7-12)19(2)10-33(30,31)29(3)18(25)28-19/h5-9,11,27H,10H2,1-4H3,(H2,25,28)/t11?,19-/m0/s1. The van der Waals surface area contributed by atoms with E-state index in [1.165, 1.54) is 46.3 Å². The summed E-state index contributed by atoms with van der Waals surface area (Å²) in [4.78, 5) is 8.05. The number of methoxy groups -OCH3 is 1. The molecule has 1 aromatic heterocycles. The molecular weight excluding hydrogens is 466 g/mol. The Kier molecular flexibility index (Phi) is 6.22. The zero-order chi connectivity index (χ0) is 24.8. The molecule has 13 heteroatoms. The molecule has 2 aromatic rings. The summed E-state index contributed by atoms with van der Waals surface area (Å²) in [5.74, 6) is -1.61. The van der Waals surface area contributed by atoms with Gasteiger partial charge in [-0.3, -0.25) is 4.98 Å². The Balaban J connectivity index is 1.99. The highest BCUT2D eigenvalue weighted by Crippen LogP contribution is 2.38. The van der Waals surface area contributed by atoms with Gasteiger partial charge in [-0.1, -0.05) is 0 Å². The third kappa shape index (κ3) is 4.82. The van der Waals surface area contributed by atoms with E-state index < -0.39 is 44.9 Å². The number of rotatable bonds is 5. The van der Waals surface area contributed by atoms with Crippen LogP contribution >= 0.6 is 0 Å². The number of guanidine groups is 1. The van der Waals surface area contributed by atoms with Crippen molar-refractivity contribution in [2.75, 3.05) is 25.2 Å². The number of aromatic nitrogens is 1. The van der Waals surface area contributed by atoms with Crippen molar-refractivity contribution in [3.63, 3.8) is 0 Å². The first-order valence-corrected chi connectivity index (χ1v) is 11.3. The number of anilines is 1. The molecule has 0 fully saturated rings. The summed E-state index contributed by atoms with van der Waals surface area (Å²) in [7, 11) is -1.37. The molecule has 0 bridgehead atoms. The Labute approximate surface area is 188 Å². The Morgan fingerprint density at radius 2 is 1.97 bits per heavy atom. The summed E-state index contributed by atoms with van der Waals surface area (Å²) in [5.41, 5.74) is 3.11. The van der Waals surface area contributed by atoms with Gasteiger partial charge in [0.05, 0.1) is 36.4 Å². The first-order valence-electron chi connectivity index (χ1n) is 9.67. The lowest BCUT2D eigenvalue weighted by atomic mass is 9.93. The number of ether oxygens (including phenoxy) is 1. The largest absolute Gasteiger partial charge is 0.495 e. The van der Waals surface area contributed by atoms with Gasteiger partial charge in [0, 0.05) is 18.3 Å². The van der Waals surface area contributed by atoms with Gasteiger partial charge in [0.25, 0.3) is 0 Å². The fraction of sp³-hybridized carbons (Fsp3) is 0.400. The molecule has 2 heterocycles. The number of nitrogens with one attached hydrogen (secondary N) is 1. The number of hydrogen-bond donors (Lipinski definition) is 2. The van der Waals surface area contributed by atoms with E-state index >= 15 is 0 Å². The Morgan fingerprint density at radius 1 is 1.30 bits per heavy atom. The van der Waals surface area contributed by atoms with Crippen molar-refractivity contribution in [3.8, 4) is 5.75 Å². The molecule has 1 unspecified atom stereocenters. The van der Waals surface area contributed by atoms with Crippen molar-refractivity contribution in [2.24, 2.45) is 10.7 Å². The third-order valence-electron chi connectivity index (χ3n) is 5.34. The van der Waals surface area contributed by atoms with E-state index in [0.717, 1.165) is 16.4 Å². The quantitative estimate of drug-likeness (QED) is 0.624. The second-order valence-electron chi connectivity index (χ2n) is 7.83. The number of alkyl halides is 3. The van der Waals surface area contributed by atoms with Crippen LogP contribution in [0.3, 0.4) is 0 Å². The molecule has 1 aliphatic rings. The van der Waals surface area contributed by atoms with Crippen LogP contribution in [0.2, 0.25) is 0 Å². The van der Waals surface area contributed by atoms with Gasteiger partial charge in [-0.05, 0) is 38.1 Å². The fourth-order valence-corrected chi connectivity index (χ4v) is 5.02. The highest BCUT2D eigenvalue weighted by atomic mass is 32.2. The predicted octanol–water partition coefficient (Wildman–Crippen LogP) is 3.23. The monoisotopic (exact) mass is 489 g/mol. The number of nitrogens with zero attached hydrogens (tertiary/aromatic N) is 3. The number of hydrogen-bond acceptors (Lipinski definition) is 7. The molecule has 0 amide bonds. The Hall–Kier alpha value is -3.09. The highest BCUT2D eigenvalue weighted by Gasteiger charge is 2.42. The molecule has 3 N–H and O–H groups in total. The summed E-state index contributed by atoms with van der Waals surface area (Å²) >= 11 is 0. The molecule has 33 heavy (non-hydrogen) atoms. The second kappa shape index (κ2) is 8.36. The van der Waals surface area contributed by atoms with E-state index in [0.29, 0.717) is 0 Å². The van der Waals surface area contributed by atoms with Gasteiger partial charge >= 0.3 is 6.18 Å². The number of pyridine rings is 1. The summed E-state index contributed by atoms with van der Waals surface area (Å²) in [6.07, 6.45) is -3.51. The average Bonchev–Trinajstić information content (AvgIpc) is 2.71. The maximum absolute atomic E-state index is 14.7. The first-order chi connectivity index (χ1) is 15.2. The lowest BCUT2D eigenvalue weighted by Gasteiger charge is -2.34. The zero-order valence-corrected chi connectivity index (χ0v) is 19.1. The van der Waals surface area contributed by atoms with Crippen LogP contribution in [0, 0.1) is 5.82 Å². The van der Waals surface area contributed by atoms with Crippen LogP contribution in [0.25, 0.3) is 0 Å². The molecule has 2 atom stereocenters. The number of sulfonamides is 1. The summed E-state index contributed by atoms with van der Waals surface area (Å²) in [5, 5.41) is 2.86. The predicted molar refractivity (Wildman–Crippen MR) is 115 cm³/mol. The smallest absolute Gasteiger partial charge is 0.418 e. The SMILES string of the molecule is COc1cnc(C(C)Nc2ccc(F)c([C@]3(C)CS(=O)(=O)N(C)C(N)=N3)c2)c(C(F)(F)F)c1. The number of halogens is 4. The van der Waals surface area contributed by atoms with Crippen LogP contribution in [-0.2, 0) is 21.7 Å². The molecular formula is C20H23F4N5O3S. The van der Waals surface area contributed by atoms with Gasteiger partial charge in [0.2, 0.25) is 16.0 Å². The van der Waals surface area contributed by atoms with Gasteiger partial charge in [-0.2, -0.15) is 13.2 Å². The first kappa shape index (κ1) is 24.6. The number of benzene rings is 1. The summed E-state index contributed by atoms with van der Waals surface area (Å²) in [6, 6.07) is 3.62. The maximum Gasteiger partial charge on any atom is 0.418 e. The molecule has 0 radical (unpaired) electrons. The molecule has 8 nitrogen and oxygen atoms in total. The van der Waals surface area contributed by atoms with Crippen LogP contribution in [0.1, 0.15) is 36.7 Å². The van der Waals surface area contributed by atoms with E-state index in [1.54, 1.807) is 0 Å².